The third kappa shape index (κ3) is 4.85. The van der Waals surface area contributed by atoms with E-state index in [4.69, 9.17) is 9.47 Å². The maximum atomic E-state index is 12.9. The van der Waals surface area contributed by atoms with E-state index in [1.165, 1.54) is 10.4 Å². The van der Waals surface area contributed by atoms with Crippen molar-refractivity contribution in [2.45, 2.75) is 4.90 Å². The van der Waals surface area contributed by atoms with Gasteiger partial charge in [0.1, 0.15) is 0 Å². The number of benzene rings is 2. The number of hydrogen-bond acceptors (Lipinski definition) is 5. The summed E-state index contributed by atoms with van der Waals surface area (Å²) >= 11 is 3.30. The summed E-state index contributed by atoms with van der Waals surface area (Å²) in [5.41, 5.74) is 0.802. The number of sulfonamides is 1. The molecule has 1 saturated heterocycles. The van der Waals surface area contributed by atoms with Crippen molar-refractivity contribution in [1.82, 2.24) is 9.21 Å². The van der Waals surface area contributed by atoms with E-state index in [2.05, 4.69) is 15.9 Å². The SMILES string of the molecule is COc1ccc(/C=C/C(=O)N2CCN(S(=O)(=O)c3ccccc3Br)CC2)cc1OC. The molecule has 0 aromatic heterocycles. The molecule has 0 bridgehead atoms. The summed E-state index contributed by atoms with van der Waals surface area (Å²) < 4.78 is 38.1. The van der Waals surface area contributed by atoms with Crippen LogP contribution in [0, 0.1) is 0 Å². The van der Waals surface area contributed by atoms with Gasteiger partial charge in [0.05, 0.1) is 19.1 Å². The van der Waals surface area contributed by atoms with Crippen LogP contribution in [0.3, 0.4) is 0 Å². The molecule has 1 aliphatic heterocycles. The number of halogens is 1. The topological polar surface area (TPSA) is 76.2 Å². The van der Waals surface area contributed by atoms with E-state index >= 15 is 0 Å². The van der Waals surface area contributed by atoms with Gasteiger partial charge in [0.2, 0.25) is 15.9 Å². The van der Waals surface area contributed by atoms with Gasteiger partial charge >= 0.3 is 0 Å². The fourth-order valence-electron chi connectivity index (χ4n) is 3.17. The zero-order valence-corrected chi connectivity index (χ0v) is 19.1. The van der Waals surface area contributed by atoms with Crippen LogP contribution in [0.25, 0.3) is 6.08 Å². The minimum atomic E-state index is -3.61. The van der Waals surface area contributed by atoms with E-state index in [-0.39, 0.29) is 23.9 Å². The van der Waals surface area contributed by atoms with E-state index in [0.29, 0.717) is 29.1 Å². The molecule has 3 rings (SSSR count). The number of carbonyl (C=O) groups excluding carboxylic acids is 1. The Morgan fingerprint density at radius 1 is 1.00 bits per heavy atom. The fourth-order valence-corrected chi connectivity index (χ4v) is 5.56. The van der Waals surface area contributed by atoms with E-state index < -0.39 is 10.0 Å². The second-order valence-electron chi connectivity index (χ2n) is 6.61. The first-order valence-electron chi connectivity index (χ1n) is 9.30. The Balaban J connectivity index is 1.63. The number of ether oxygens (including phenoxy) is 2. The molecule has 1 fully saturated rings. The van der Waals surface area contributed by atoms with Crippen LogP contribution in [0.15, 0.2) is 57.9 Å². The predicted molar refractivity (Wildman–Crippen MR) is 118 cm³/mol. The molecular formula is C21H23BrN2O5S. The summed E-state index contributed by atoms with van der Waals surface area (Å²) in [5.74, 6) is 1.03. The lowest BCUT2D eigenvalue weighted by atomic mass is 10.2. The highest BCUT2D eigenvalue weighted by Gasteiger charge is 2.30. The predicted octanol–water partition coefficient (Wildman–Crippen LogP) is 3.01. The van der Waals surface area contributed by atoms with Gasteiger partial charge in [-0.3, -0.25) is 4.79 Å². The van der Waals surface area contributed by atoms with Crippen molar-refractivity contribution in [3.63, 3.8) is 0 Å². The molecule has 1 heterocycles. The lowest BCUT2D eigenvalue weighted by Crippen LogP contribution is -2.50. The number of hydrogen-bond donors (Lipinski definition) is 0. The molecule has 160 valence electrons. The van der Waals surface area contributed by atoms with Crippen molar-refractivity contribution >= 4 is 37.9 Å². The maximum Gasteiger partial charge on any atom is 0.246 e. The number of amides is 1. The van der Waals surface area contributed by atoms with Gasteiger partial charge in [-0.1, -0.05) is 18.2 Å². The Kier molecular flexibility index (Phi) is 7.17. The van der Waals surface area contributed by atoms with Gasteiger partial charge in [-0.2, -0.15) is 4.31 Å². The average Bonchev–Trinajstić information content (AvgIpc) is 2.77. The van der Waals surface area contributed by atoms with Crippen LogP contribution in [-0.4, -0.2) is 63.9 Å². The Morgan fingerprint density at radius 2 is 1.67 bits per heavy atom. The molecule has 0 spiro atoms. The summed E-state index contributed by atoms with van der Waals surface area (Å²) in [7, 11) is -0.490. The summed E-state index contributed by atoms with van der Waals surface area (Å²) in [6.07, 6.45) is 3.19. The molecule has 2 aromatic rings. The maximum absolute atomic E-state index is 12.9. The minimum Gasteiger partial charge on any atom is -0.493 e. The monoisotopic (exact) mass is 494 g/mol. The smallest absolute Gasteiger partial charge is 0.246 e. The molecule has 1 aliphatic rings. The number of nitrogens with zero attached hydrogens (tertiary/aromatic N) is 2. The van der Waals surface area contributed by atoms with Crippen molar-refractivity contribution in [1.29, 1.82) is 0 Å². The second-order valence-corrected chi connectivity index (χ2v) is 9.37. The third-order valence-corrected chi connectivity index (χ3v) is 7.74. The Labute approximate surface area is 185 Å². The van der Waals surface area contributed by atoms with Crippen molar-refractivity contribution in [2.24, 2.45) is 0 Å². The lowest BCUT2D eigenvalue weighted by molar-refractivity contribution is -0.127. The third-order valence-electron chi connectivity index (χ3n) is 4.83. The van der Waals surface area contributed by atoms with Gasteiger partial charge in [0.15, 0.2) is 11.5 Å². The van der Waals surface area contributed by atoms with Crippen molar-refractivity contribution in [3.8, 4) is 11.5 Å². The van der Waals surface area contributed by atoms with Crippen LogP contribution in [0.5, 0.6) is 11.5 Å². The first kappa shape index (κ1) is 22.3. The minimum absolute atomic E-state index is 0.164. The molecule has 0 saturated carbocycles. The van der Waals surface area contributed by atoms with Gasteiger partial charge in [-0.05, 0) is 51.8 Å². The Bertz CT molecular complexity index is 1050. The van der Waals surface area contributed by atoms with Crippen molar-refractivity contribution in [3.05, 3.63) is 58.6 Å². The molecule has 0 radical (unpaired) electrons. The summed E-state index contributed by atoms with van der Waals surface area (Å²) in [5, 5.41) is 0. The van der Waals surface area contributed by atoms with E-state index in [1.807, 2.05) is 6.07 Å². The number of methoxy groups -OCH3 is 2. The summed E-state index contributed by atoms with van der Waals surface area (Å²) in [6, 6.07) is 12.1. The molecule has 1 amide bonds. The molecule has 0 atom stereocenters. The molecule has 2 aromatic carbocycles. The Morgan fingerprint density at radius 3 is 2.30 bits per heavy atom. The standard InChI is InChI=1S/C21H23BrN2O5S/c1-28-18-9-7-16(15-19(18)29-2)8-10-21(25)23-11-13-24(14-12-23)30(26,27)20-6-4-3-5-17(20)22/h3-10,15H,11-14H2,1-2H3/b10-8+. The first-order chi connectivity index (χ1) is 14.4. The molecular weight excluding hydrogens is 472 g/mol. The summed E-state index contributed by atoms with van der Waals surface area (Å²) in [6.45, 7) is 1.16. The molecule has 0 aliphatic carbocycles. The zero-order chi connectivity index (χ0) is 21.7. The first-order valence-corrected chi connectivity index (χ1v) is 11.5. The van der Waals surface area contributed by atoms with Gasteiger partial charge < -0.3 is 14.4 Å². The number of rotatable bonds is 6. The zero-order valence-electron chi connectivity index (χ0n) is 16.7. The van der Waals surface area contributed by atoms with Crippen molar-refractivity contribution in [2.75, 3.05) is 40.4 Å². The molecule has 7 nitrogen and oxygen atoms in total. The second kappa shape index (κ2) is 9.63. The average molecular weight is 495 g/mol. The highest BCUT2D eigenvalue weighted by Crippen LogP contribution is 2.28. The normalized spacial score (nSPS) is 15.4. The fraction of sp³-hybridized carbons (Fsp3) is 0.286. The number of piperazine rings is 1. The van der Waals surface area contributed by atoms with Crippen LogP contribution in [0.4, 0.5) is 0 Å². The van der Waals surface area contributed by atoms with Gasteiger partial charge in [-0.25, -0.2) is 8.42 Å². The molecule has 0 unspecified atom stereocenters. The van der Waals surface area contributed by atoms with Crippen LogP contribution in [0.2, 0.25) is 0 Å². The van der Waals surface area contributed by atoms with E-state index in [1.54, 1.807) is 61.6 Å². The van der Waals surface area contributed by atoms with Crippen LogP contribution >= 0.6 is 15.9 Å². The molecule has 0 N–H and O–H groups in total. The van der Waals surface area contributed by atoms with Crippen LogP contribution < -0.4 is 9.47 Å². The van der Waals surface area contributed by atoms with Gasteiger partial charge in [-0.15, -0.1) is 0 Å². The summed E-state index contributed by atoms with van der Waals surface area (Å²) in [4.78, 5) is 14.4. The van der Waals surface area contributed by atoms with Gasteiger partial charge in [0.25, 0.3) is 0 Å². The Hall–Kier alpha value is -2.36. The lowest BCUT2D eigenvalue weighted by Gasteiger charge is -2.33. The van der Waals surface area contributed by atoms with E-state index in [0.717, 1.165) is 5.56 Å². The van der Waals surface area contributed by atoms with Crippen LogP contribution in [-0.2, 0) is 14.8 Å². The molecule has 9 heteroatoms. The molecule has 30 heavy (non-hydrogen) atoms. The highest BCUT2D eigenvalue weighted by atomic mass is 79.9. The van der Waals surface area contributed by atoms with Crippen LogP contribution in [0.1, 0.15) is 5.56 Å². The number of carbonyl (C=O) groups is 1. The van der Waals surface area contributed by atoms with E-state index in [9.17, 15) is 13.2 Å². The van der Waals surface area contributed by atoms with Gasteiger partial charge in [0, 0.05) is 36.7 Å². The van der Waals surface area contributed by atoms with Crippen molar-refractivity contribution < 1.29 is 22.7 Å². The quantitative estimate of drug-likeness (QED) is 0.576. The largest absolute Gasteiger partial charge is 0.493 e. The highest BCUT2D eigenvalue weighted by molar-refractivity contribution is 9.10.